The number of nitrogens with zero attached hydrogens (tertiary/aromatic N) is 1. The summed E-state index contributed by atoms with van der Waals surface area (Å²) in [4.78, 5) is 30.1. The highest BCUT2D eigenvalue weighted by Crippen LogP contribution is 2.19. The average molecular weight is 268 g/mol. The Balaban J connectivity index is 1.93. The largest absolute Gasteiger partial charge is 0.466 e. The number of aromatic amines is 1. The zero-order chi connectivity index (χ0) is 13.0. The summed E-state index contributed by atoms with van der Waals surface area (Å²) in [5.41, 5.74) is 1.71. The highest BCUT2D eigenvalue weighted by Gasteiger charge is 2.17. The summed E-state index contributed by atoms with van der Waals surface area (Å²) in [6, 6.07) is 0. The van der Waals surface area contributed by atoms with Crippen LogP contribution in [-0.4, -0.2) is 28.3 Å². The van der Waals surface area contributed by atoms with Gasteiger partial charge in [0.1, 0.15) is 0 Å². The van der Waals surface area contributed by atoms with Crippen LogP contribution < -0.4 is 5.56 Å². The lowest BCUT2D eigenvalue weighted by Crippen LogP contribution is -2.15. The normalized spacial score (nSPS) is 13.4. The highest BCUT2D eigenvalue weighted by molar-refractivity contribution is 7.99. The van der Waals surface area contributed by atoms with Crippen LogP contribution in [0.2, 0.25) is 0 Å². The molecule has 0 aromatic carbocycles. The number of thioether (sulfide) groups is 1. The molecule has 0 radical (unpaired) electrons. The van der Waals surface area contributed by atoms with Gasteiger partial charge >= 0.3 is 5.97 Å². The van der Waals surface area contributed by atoms with Crippen molar-refractivity contribution in [2.75, 3.05) is 12.4 Å². The first-order valence-electron chi connectivity index (χ1n) is 6.11. The lowest BCUT2D eigenvalue weighted by atomic mass is 10.3. The number of carbonyl (C=O) groups excluding carboxylic acids is 1. The quantitative estimate of drug-likeness (QED) is 0.495. The molecule has 1 aromatic rings. The summed E-state index contributed by atoms with van der Waals surface area (Å²) in [6.07, 6.45) is 3.04. The van der Waals surface area contributed by atoms with E-state index in [1.54, 1.807) is 6.92 Å². The van der Waals surface area contributed by atoms with Gasteiger partial charge in [-0.25, -0.2) is 4.98 Å². The number of H-pyrrole nitrogens is 1. The molecule has 0 atom stereocenters. The summed E-state index contributed by atoms with van der Waals surface area (Å²) in [7, 11) is 0. The number of fused-ring (bicyclic) bond motifs is 1. The van der Waals surface area contributed by atoms with E-state index in [4.69, 9.17) is 4.74 Å². The standard InChI is InChI=1S/C12H16N2O3S/c1-2-17-10(15)6-7-18-12-13-9-5-3-4-8(9)11(16)14-12/h2-7H2,1H3,(H,13,14,16). The summed E-state index contributed by atoms with van der Waals surface area (Å²) >= 11 is 1.39. The van der Waals surface area contributed by atoms with Gasteiger partial charge in [-0.05, 0) is 26.2 Å². The van der Waals surface area contributed by atoms with Crippen LogP contribution in [0, 0.1) is 0 Å². The molecule has 0 unspecified atom stereocenters. The predicted octanol–water partition coefficient (Wildman–Crippen LogP) is 1.30. The van der Waals surface area contributed by atoms with E-state index in [2.05, 4.69) is 9.97 Å². The molecule has 0 bridgehead atoms. The minimum Gasteiger partial charge on any atom is -0.466 e. The third-order valence-corrected chi connectivity index (χ3v) is 3.65. The van der Waals surface area contributed by atoms with Crippen molar-refractivity contribution in [1.82, 2.24) is 9.97 Å². The van der Waals surface area contributed by atoms with Gasteiger partial charge in [-0.15, -0.1) is 0 Å². The number of esters is 1. The molecule has 0 amide bonds. The lowest BCUT2D eigenvalue weighted by molar-refractivity contribution is -0.142. The van der Waals surface area contributed by atoms with Gasteiger partial charge in [0.25, 0.3) is 5.56 Å². The smallest absolute Gasteiger partial charge is 0.306 e. The molecule has 1 aliphatic rings. The monoisotopic (exact) mass is 268 g/mol. The minimum absolute atomic E-state index is 0.0314. The van der Waals surface area contributed by atoms with Gasteiger partial charge in [0.05, 0.1) is 18.7 Å². The van der Waals surface area contributed by atoms with Crippen LogP contribution in [0.25, 0.3) is 0 Å². The molecule has 1 aliphatic carbocycles. The Hall–Kier alpha value is -1.30. The number of carbonyl (C=O) groups is 1. The van der Waals surface area contributed by atoms with Crippen molar-refractivity contribution in [2.24, 2.45) is 0 Å². The van der Waals surface area contributed by atoms with E-state index in [1.165, 1.54) is 11.8 Å². The van der Waals surface area contributed by atoms with Gasteiger partial charge in [-0.2, -0.15) is 0 Å². The third kappa shape index (κ3) is 3.13. The summed E-state index contributed by atoms with van der Waals surface area (Å²) in [5, 5.41) is 0.602. The number of hydrogen-bond acceptors (Lipinski definition) is 5. The second-order valence-corrected chi connectivity index (χ2v) is 5.14. The first kappa shape index (κ1) is 13.1. The van der Waals surface area contributed by atoms with Gasteiger partial charge < -0.3 is 9.72 Å². The molecule has 18 heavy (non-hydrogen) atoms. The highest BCUT2D eigenvalue weighted by atomic mass is 32.2. The Labute approximate surface area is 109 Å². The van der Waals surface area contributed by atoms with Crippen LogP contribution in [0.4, 0.5) is 0 Å². The molecule has 1 aromatic heterocycles. The summed E-state index contributed by atoms with van der Waals surface area (Å²) in [5.74, 6) is 0.356. The van der Waals surface area contributed by atoms with E-state index in [9.17, 15) is 9.59 Å². The second kappa shape index (κ2) is 6.04. The molecule has 98 valence electrons. The number of aromatic nitrogens is 2. The number of aryl methyl sites for hydroxylation is 1. The van der Waals surface area contributed by atoms with Crippen molar-refractivity contribution in [3.8, 4) is 0 Å². The molecular formula is C12H16N2O3S. The van der Waals surface area contributed by atoms with Crippen LogP contribution in [0.1, 0.15) is 31.0 Å². The molecule has 2 rings (SSSR count). The zero-order valence-corrected chi connectivity index (χ0v) is 11.1. The van der Waals surface area contributed by atoms with Gasteiger partial charge in [-0.1, -0.05) is 11.8 Å². The first-order valence-corrected chi connectivity index (χ1v) is 7.09. The summed E-state index contributed by atoms with van der Waals surface area (Å²) < 4.78 is 4.83. The van der Waals surface area contributed by atoms with Crippen LogP contribution in [-0.2, 0) is 22.4 Å². The second-order valence-electron chi connectivity index (χ2n) is 4.05. The van der Waals surface area contributed by atoms with E-state index in [0.29, 0.717) is 23.9 Å². The van der Waals surface area contributed by atoms with E-state index >= 15 is 0 Å². The van der Waals surface area contributed by atoms with Crippen LogP contribution >= 0.6 is 11.8 Å². The van der Waals surface area contributed by atoms with Crippen molar-refractivity contribution in [3.63, 3.8) is 0 Å². The zero-order valence-electron chi connectivity index (χ0n) is 10.3. The van der Waals surface area contributed by atoms with E-state index in [-0.39, 0.29) is 11.5 Å². The van der Waals surface area contributed by atoms with E-state index < -0.39 is 0 Å². The van der Waals surface area contributed by atoms with Gasteiger partial charge in [0.15, 0.2) is 5.16 Å². The molecule has 0 aliphatic heterocycles. The fourth-order valence-electron chi connectivity index (χ4n) is 1.95. The maximum absolute atomic E-state index is 11.7. The van der Waals surface area contributed by atoms with Crippen LogP contribution in [0.5, 0.6) is 0 Å². The Kier molecular flexibility index (Phi) is 4.41. The maximum Gasteiger partial charge on any atom is 0.306 e. The Morgan fingerprint density at radius 1 is 1.50 bits per heavy atom. The molecule has 5 nitrogen and oxygen atoms in total. The fourth-order valence-corrected chi connectivity index (χ4v) is 2.75. The third-order valence-electron chi connectivity index (χ3n) is 2.77. The van der Waals surface area contributed by atoms with E-state index in [0.717, 1.165) is 30.5 Å². The van der Waals surface area contributed by atoms with Crippen LogP contribution in [0.15, 0.2) is 9.95 Å². The Bertz CT molecular complexity index is 499. The first-order chi connectivity index (χ1) is 8.70. The van der Waals surface area contributed by atoms with Crippen molar-refractivity contribution in [2.45, 2.75) is 37.8 Å². The molecule has 0 fully saturated rings. The van der Waals surface area contributed by atoms with E-state index in [1.807, 2.05) is 0 Å². The minimum atomic E-state index is -0.214. The van der Waals surface area contributed by atoms with Crippen molar-refractivity contribution in [3.05, 3.63) is 21.6 Å². The Morgan fingerprint density at radius 3 is 3.11 bits per heavy atom. The van der Waals surface area contributed by atoms with Gasteiger partial charge in [-0.3, -0.25) is 9.59 Å². The SMILES string of the molecule is CCOC(=O)CCSc1nc2c(c(=O)[nH]1)CCC2. The molecule has 0 saturated carbocycles. The lowest BCUT2D eigenvalue weighted by Gasteiger charge is -2.03. The maximum atomic E-state index is 11.7. The molecular weight excluding hydrogens is 252 g/mol. The number of hydrogen-bond donors (Lipinski definition) is 1. The van der Waals surface area contributed by atoms with Crippen molar-refractivity contribution in [1.29, 1.82) is 0 Å². The molecule has 1 N–H and O–H groups in total. The molecule has 6 heteroatoms. The number of nitrogens with one attached hydrogen (secondary N) is 1. The predicted molar refractivity (Wildman–Crippen MR) is 68.9 cm³/mol. The van der Waals surface area contributed by atoms with Crippen LogP contribution in [0.3, 0.4) is 0 Å². The Morgan fingerprint density at radius 2 is 2.33 bits per heavy atom. The van der Waals surface area contributed by atoms with Gasteiger partial charge in [0, 0.05) is 11.3 Å². The number of rotatable bonds is 5. The molecule has 1 heterocycles. The summed E-state index contributed by atoms with van der Waals surface area (Å²) in [6.45, 7) is 2.18. The van der Waals surface area contributed by atoms with Crippen molar-refractivity contribution >= 4 is 17.7 Å². The fraction of sp³-hybridized carbons (Fsp3) is 0.583. The average Bonchev–Trinajstić information content (AvgIpc) is 2.78. The number of ether oxygens (including phenoxy) is 1. The molecule has 0 spiro atoms. The van der Waals surface area contributed by atoms with Gasteiger partial charge in [0.2, 0.25) is 0 Å². The molecule has 0 saturated heterocycles. The van der Waals surface area contributed by atoms with Crippen molar-refractivity contribution < 1.29 is 9.53 Å². The topological polar surface area (TPSA) is 72.0 Å².